The molecule has 0 aromatic carbocycles. The predicted molar refractivity (Wildman–Crippen MR) is 96.4 cm³/mol. The maximum absolute atomic E-state index is 12.5. The Bertz CT molecular complexity index is 907. The van der Waals surface area contributed by atoms with Gasteiger partial charge in [-0.15, -0.1) is 0 Å². The van der Waals surface area contributed by atoms with E-state index in [9.17, 15) is 4.79 Å². The topological polar surface area (TPSA) is 60.2 Å². The van der Waals surface area contributed by atoms with Crippen LogP contribution in [-0.2, 0) is 17.6 Å². The van der Waals surface area contributed by atoms with Gasteiger partial charge in [-0.05, 0) is 39.0 Å². The van der Waals surface area contributed by atoms with Gasteiger partial charge < -0.3 is 0 Å². The average molecular weight is 408 g/mol. The Morgan fingerprint density at radius 1 is 1.25 bits per heavy atom. The van der Waals surface area contributed by atoms with Gasteiger partial charge in [0.05, 0.1) is 5.69 Å². The number of hydrogen-bond donors (Lipinski definition) is 0. The fourth-order valence-electron chi connectivity index (χ4n) is 2.77. The van der Waals surface area contributed by atoms with E-state index >= 15 is 0 Å². The molecule has 3 aromatic rings. The third-order valence-electron chi connectivity index (χ3n) is 3.67. The molecule has 0 atom stereocenters. The van der Waals surface area contributed by atoms with E-state index in [4.69, 9.17) is 11.6 Å². The van der Waals surface area contributed by atoms with Crippen molar-refractivity contribution in [3.05, 3.63) is 57.2 Å². The van der Waals surface area contributed by atoms with Crippen LogP contribution in [0.4, 0.5) is 0 Å². The number of nitrogens with zero attached hydrogens (tertiary/aromatic N) is 4. The van der Waals surface area contributed by atoms with Gasteiger partial charge >= 0.3 is 0 Å². The highest BCUT2D eigenvalue weighted by atomic mass is 79.9. The number of hydrogen-bond acceptors (Lipinski definition) is 4. The van der Waals surface area contributed by atoms with Gasteiger partial charge in [0, 0.05) is 42.0 Å². The minimum Gasteiger partial charge on any atom is -0.299 e. The molecule has 5 nitrogen and oxygen atoms in total. The van der Waals surface area contributed by atoms with Crippen LogP contribution in [0.2, 0.25) is 5.15 Å². The largest absolute Gasteiger partial charge is 0.299 e. The third kappa shape index (κ3) is 3.65. The minimum absolute atomic E-state index is 0.108. The molecule has 0 radical (unpaired) electrons. The van der Waals surface area contributed by atoms with Crippen molar-refractivity contribution in [1.29, 1.82) is 0 Å². The standard InChI is InChI=1S/C17H16BrClN4O/c1-10(2)17-12(8-21-16-6-15(19)22-23(16)17)5-14(24)4-11-3-13(18)9-20-7-11/h3,6-10H,4-5H2,1-2H3. The van der Waals surface area contributed by atoms with Crippen LogP contribution >= 0.6 is 27.5 Å². The van der Waals surface area contributed by atoms with Crippen molar-refractivity contribution >= 4 is 39.0 Å². The third-order valence-corrected chi connectivity index (χ3v) is 4.29. The molecule has 7 heteroatoms. The van der Waals surface area contributed by atoms with Gasteiger partial charge in [0.15, 0.2) is 10.8 Å². The van der Waals surface area contributed by atoms with Gasteiger partial charge in [0.2, 0.25) is 0 Å². The Kier molecular flexibility index (Phi) is 4.96. The van der Waals surface area contributed by atoms with Crippen LogP contribution in [0.5, 0.6) is 0 Å². The van der Waals surface area contributed by atoms with Crippen molar-refractivity contribution < 1.29 is 4.79 Å². The molecule has 0 aliphatic rings. The Morgan fingerprint density at radius 3 is 2.75 bits per heavy atom. The SMILES string of the molecule is CC(C)c1c(CC(=O)Cc2cncc(Br)c2)cnc2cc(Cl)nn12. The molecule has 0 spiro atoms. The lowest BCUT2D eigenvalue weighted by molar-refractivity contribution is -0.117. The molecule has 0 aliphatic carbocycles. The zero-order valence-electron chi connectivity index (χ0n) is 13.3. The smallest absolute Gasteiger partial charge is 0.156 e. The summed E-state index contributed by atoms with van der Waals surface area (Å²) >= 11 is 9.36. The molecule has 0 bridgehead atoms. The number of aromatic nitrogens is 4. The molecular weight excluding hydrogens is 392 g/mol. The van der Waals surface area contributed by atoms with E-state index < -0.39 is 0 Å². The Hall–Kier alpha value is -1.79. The Labute approximate surface area is 153 Å². The molecule has 0 aliphatic heterocycles. The number of ketones is 1. The molecule has 0 fully saturated rings. The average Bonchev–Trinajstić information content (AvgIpc) is 2.86. The lowest BCUT2D eigenvalue weighted by atomic mass is 9.99. The molecule has 3 heterocycles. The van der Waals surface area contributed by atoms with Crippen molar-refractivity contribution in [2.45, 2.75) is 32.6 Å². The molecule has 0 saturated carbocycles. The summed E-state index contributed by atoms with van der Waals surface area (Å²) in [7, 11) is 0. The van der Waals surface area contributed by atoms with Gasteiger partial charge in [-0.1, -0.05) is 25.4 Å². The summed E-state index contributed by atoms with van der Waals surface area (Å²) in [6, 6.07) is 3.62. The van der Waals surface area contributed by atoms with Crippen LogP contribution in [-0.4, -0.2) is 25.4 Å². The summed E-state index contributed by atoms with van der Waals surface area (Å²) in [6.45, 7) is 4.13. The first-order valence-electron chi connectivity index (χ1n) is 7.58. The molecule has 0 unspecified atom stereocenters. The first kappa shape index (κ1) is 17.0. The van der Waals surface area contributed by atoms with Crippen molar-refractivity contribution in [3.8, 4) is 0 Å². The van der Waals surface area contributed by atoms with Crippen molar-refractivity contribution in [1.82, 2.24) is 19.6 Å². The summed E-state index contributed by atoms with van der Waals surface area (Å²) in [5.41, 5.74) is 3.42. The maximum atomic E-state index is 12.5. The van der Waals surface area contributed by atoms with Gasteiger partial charge in [-0.3, -0.25) is 9.78 Å². The summed E-state index contributed by atoms with van der Waals surface area (Å²) in [6.07, 6.45) is 5.80. The Morgan fingerprint density at radius 2 is 2.04 bits per heavy atom. The number of carbonyl (C=O) groups is 1. The number of halogens is 2. The van der Waals surface area contributed by atoms with Crippen LogP contribution in [0.1, 0.15) is 36.6 Å². The van der Waals surface area contributed by atoms with Crippen LogP contribution in [0.15, 0.2) is 35.2 Å². The lowest BCUT2D eigenvalue weighted by Crippen LogP contribution is -2.13. The van der Waals surface area contributed by atoms with Crippen molar-refractivity contribution in [3.63, 3.8) is 0 Å². The van der Waals surface area contributed by atoms with Crippen molar-refractivity contribution in [2.75, 3.05) is 0 Å². The van der Waals surface area contributed by atoms with Gasteiger partial charge in [0.1, 0.15) is 5.78 Å². The van der Waals surface area contributed by atoms with Crippen molar-refractivity contribution in [2.24, 2.45) is 0 Å². The molecule has 124 valence electrons. The molecule has 24 heavy (non-hydrogen) atoms. The van der Waals surface area contributed by atoms with E-state index in [2.05, 4.69) is 44.8 Å². The first-order valence-corrected chi connectivity index (χ1v) is 8.75. The van der Waals surface area contributed by atoms with E-state index in [1.54, 1.807) is 29.2 Å². The zero-order valence-corrected chi connectivity index (χ0v) is 15.7. The van der Waals surface area contributed by atoms with E-state index in [-0.39, 0.29) is 11.7 Å². The van der Waals surface area contributed by atoms with Crippen LogP contribution in [0, 0.1) is 0 Å². The summed E-state index contributed by atoms with van der Waals surface area (Å²) in [5.74, 6) is 0.304. The second-order valence-electron chi connectivity index (χ2n) is 5.96. The van der Waals surface area contributed by atoms with E-state index in [0.29, 0.717) is 23.6 Å². The van der Waals surface area contributed by atoms with E-state index in [0.717, 1.165) is 21.3 Å². The minimum atomic E-state index is 0.108. The number of rotatable bonds is 5. The monoisotopic (exact) mass is 406 g/mol. The molecule has 3 aromatic heterocycles. The predicted octanol–water partition coefficient (Wildman–Crippen LogP) is 4.02. The van der Waals surface area contributed by atoms with E-state index in [1.165, 1.54) is 0 Å². The number of Topliss-reactive ketones (excluding diaryl/α,β-unsaturated/α-hetero) is 1. The second kappa shape index (κ2) is 6.99. The highest BCUT2D eigenvalue weighted by molar-refractivity contribution is 9.10. The molecule has 0 amide bonds. The normalized spacial score (nSPS) is 11.4. The van der Waals surface area contributed by atoms with Crippen LogP contribution in [0.25, 0.3) is 5.65 Å². The fraction of sp³-hybridized carbons (Fsp3) is 0.294. The number of pyridine rings is 1. The van der Waals surface area contributed by atoms with Crippen LogP contribution in [0.3, 0.4) is 0 Å². The van der Waals surface area contributed by atoms with Gasteiger partial charge in [-0.25, -0.2) is 9.50 Å². The second-order valence-corrected chi connectivity index (χ2v) is 7.27. The number of fused-ring (bicyclic) bond motifs is 1. The summed E-state index contributed by atoms with van der Waals surface area (Å²) < 4.78 is 2.60. The first-order chi connectivity index (χ1) is 11.4. The quantitative estimate of drug-likeness (QED) is 0.641. The zero-order chi connectivity index (χ0) is 17.3. The van der Waals surface area contributed by atoms with E-state index in [1.807, 2.05) is 6.07 Å². The highest BCUT2D eigenvalue weighted by Crippen LogP contribution is 2.23. The van der Waals surface area contributed by atoms with Gasteiger partial charge in [0.25, 0.3) is 0 Å². The molecular formula is C17H16BrClN4O. The molecule has 0 N–H and O–H groups in total. The molecule has 3 rings (SSSR count). The lowest BCUT2D eigenvalue weighted by Gasteiger charge is -2.13. The molecule has 0 saturated heterocycles. The van der Waals surface area contributed by atoms with Crippen LogP contribution < -0.4 is 0 Å². The summed E-state index contributed by atoms with van der Waals surface area (Å²) in [5, 5.41) is 4.69. The fourth-order valence-corrected chi connectivity index (χ4v) is 3.35. The highest BCUT2D eigenvalue weighted by Gasteiger charge is 2.17. The summed E-state index contributed by atoms with van der Waals surface area (Å²) in [4.78, 5) is 20.9. The van der Waals surface area contributed by atoms with Gasteiger partial charge in [-0.2, -0.15) is 5.10 Å². The maximum Gasteiger partial charge on any atom is 0.156 e. The Balaban J connectivity index is 1.89. The number of carbonyl (C=O) groups excluding carboxylic acids is 1.